The molecule has 2 fully saturated rings. The number of nitrogens with zero attached hydrogens (tertiary/aromatic N) is 2. The number of nitrogens with two attached hydrogens (primary N) is 1. The minimum absolute atomic E-state index is 0.106. The lowest BCUT2D eigenvalue weighted by atomic mass is 9.93. The average Bonchev–Trinajstić information content (AvgIpc) is 2.87. The van der Waals surface area contributed by atoms with Crippen molar-refractivity contribution in [1.29, 1.82) is 0 Å². The molecule has 0 unspecified atom stereocenters. The number of primary amides is 1. The SMILES string of the molecule is CO[C@@H]1CCC[C@H](Cc2ncc(C(N)=O)c(N[C@@H]3CCC[C@H](O)C3)n2)CC1. The third-order valence-corrected chi connectivity index (χ3v) is 5.93. The summed E-state index contributed by atoms with van der Waals surface area (Å²) in [4.78, 5) is 20.8. The van der Waals surface area contributed by atoms with Crippen LogP contribution in [0.4, 0.5) is 5.82 Å². The quantitative estimate of drug-likeness (QED) is 0.658. The van der Waals surface area contributed by atoms with Gasteiger partial charge in [-0.2, -0.15) is 0 Å². The second-order valence-electron chi connectivity index (χ2n) is 8.01. The van der Waals surface area contributed by atoms with Gasteiger partial charge in [0.1, 0.15) is 11.6 Å². The normalized spacial score (nSPS) is 29.1. The van der Waals surface area contributed by atoms with Crippen molar-refractivity contribution in [3.05, 3.63) is 17.6 Å². The zero-order chi connectivity index (χ0) is 19.2. The maximum absolute atomic E-state index is 11.8. The van der Waals surface area contributed by atoms with Gasteiger partial charge in [0.05, 0.1) is 17.8 Å². The number of anilines is 1. The Morgan fingerprint density at radius 1 is 1.26 bits per heavy atom. The highest BCUT2D eigenvalue weighted by Crippen LogP contribution is 2.28. The van der Waals surface area contributed by atoms with Crippen molar-refractivity contribution >= 4 is 11.7 Å². The summed E-state index contributed by atoms with van der Waals surface area (Å²) in [5.41, 5.74) is 5.83. The van der Waals surface area contributed by atoms with Gasteiger partial charge < -0.3 is 20.9 Å². The van der Waals surface area contributed by atoms with Gasteiger partial charge in [-0.15, -0.1) is 0 Å². The van der Waals surface area contributed by atoms with Crippen LogP contribution in [0.3, 0.4) is 0 Å². The first kappa shape index (κ1) is 20.0. The van der Waals surface area contributed by atoms with Gasteiger partial charge in [0, 0.05) is 25.8 Å². The van der Waals surface area contributed by atoms with Crippen LogP contribution in [0.2, 0.25) is 0 Å². The predicted octanol–water partition coefficient (Wildman–Crippen LogP) is 2.43. The Kier molecular flexibility index (Phi) is 7.01. The van der Waals surface area contributed by atoms with Gasteiger partial charge in [0.2, 0.25) is 0 Å². The molecule has 0 saturated heterocycles. The van der Waals surface area contributed by atoms with Crippen LogP contribution < -0.4 is 11.1 Å². The molecule has 3 rings (SSSR count). The fraction of sp³-hybridized carbons (Fsp3) is 0.750. The third-order valence-electron chi connectivity index (χ3n) is 5.93. The lowest BCUT2D eigenvalue weighted by molar-refractivity contribution is 0.0890. The first-order chi connectivity index (χ1) is 13.0. The van der Waals surface area contributed by atoms with Crippen molar-refractivity contribution < 1.29 is 14.6 Å². The number of rotatable bonds is 6. The Labute approximate surface area is 161 Å². The van der Waals surface area contributed by atoms with E-state index in [4.69, 9.17) is 10.5 Å². The van der Waals surface area contributed by atoms with Crippen molar-refractivity contribution in [2.45, 2.75) is 82.5 Å². The predicted molar refractivity (Wildman–Crippen MR) is 104 cm³/mol. The van der Waals surface area contributed by atoms with E-state index >= 15 is 0 Å². The van der Waals surface area contributed by atoms with E-state index in [2.05, 4.69) is 15.3 Å². The highest BCUT2D eigenvalue weighted by atomic mass is 16.5. The second-order valence-corrected chi connectivity index (χ2v) is 8.01. The maximum Gasteiger partial charge on any atom is 0.254 e. The number of ether oxygens (including phenoxy) is 1. The number of aliphatic hydroxyl groups excluding tert-OH is 1. The van der Waals surface area contributed by atoms with Crippen LogP contribution in [0.15, 0.2) is 6.20 Å². The molecule has 4 atom stereocenters. The molecular weight excluding hydrogens is 344 g/mol. The summed E-state index contributed by atoms with van der Waals surface area (Å²) in [6.45, 7) is 0. The molecule has 1 amide bonds. The Bertz CT molecular complexity index is 640. The maximum atomic E-state index is 11.8. The number of methoxy groups -OCH3 is 1. The molecule has 1 heterocycles. The van der Waals surface area contributed by atoms with Crippen molar-refractivity contribution in [3.8, 4) is 0 Å². The van der Waals surface area contributed by atoms with E-state index in [0.717, 1.165) is 63.6 Å². The number of carbonyl (C=O) groups excluding carboxylic acids is 1. The van der Waals surface area contributed by atoms with E-state index in [1.54, 1.807) is 13.3 Å². The van der Waals surface area contributed by atoms with Gasteiger partial charge >= 0.3 is 0 Å². The standard InChI is InChI=1S/C20H32N4O3/c1-27-16-7-2-4-13(8-9-16)10-18-22-12-17(19(21)26)20(24-18)23-14-5-3-6-15(25)11-14/h12-16,25H,2-11H2,1H3,(H2,21,26)(H,22,23,24)/t13-,14+,15-,16+/m0/s1. The first-order valence-corrected chi connectivity index (χ1v) is 10.2. The van der Waals surface area contributed by atoms with Crippen LogP contribution in [0, 0.1) is 5.92 Å². The van der Waals surface area contributed by atoms with E-state index in [-0.39, 0.29) is 12.1 Å². The Hall–Kier alpha value is -1.73. The molecule has 2 aliphatic carbocycles. The molecule has 0 bridgehead atoms. The van der Waals surface area contributed by atoms with Crippen LogP contribution in [0.1, 0.15) is 74.0 Å². The average molecular weight is 377 g/mol. The van der Waals surface area contributed by atoms with Gasteiger partial charge in [-0.25, -0.2) is 9.97 Å². The Morgan fingerprint density at radius 3 is 2.81 bits per heavy atom. The summed E-state index contributed by atoms with van der Waals surface area (Å²) in [7, 11) is 1.79. The summed E-state index contributed by atoms with van der Waals surface area (Å²) < 4.78 is 5.51. The van der Waals surface area contributed by atoms with Crippen LogP contribution in [0.5, 0.6) is 0 Å². The van der Waals surface area contributed by atoms with E-state index in [1.165, 1.54) is 0 Å². The summed E-state index contributed by atoms with van der Waals surface area (Å²) >= 11 is 0. The van der Waals surface area contributed by atoms with Crippen LogP contribution in [0.25, 0.3) is 0 Å². The van der Waals surface area contributed by atoms with E-state index in [0.29, 0.717) is 29.8 Å². The molecular formula is C20H32N4O3. The lowest BCUT2D eigenvalue weighted by Crippen LogP contribution is -2.31. The van der Waals surface area contributed by atoms with Gasteiger partial charge in [-0.05, 0) is 57.3 Å². The summed E-state index contributed by atoms with van der Waals surface area (Å²) in [5.74, 6) is 1.27. The molecule has 0 aliphatic heterocycles. The molecule has 7 nitrogen and oxygen atoms in total. The van der Waals surface area contributed by atoms with Crippen LogP contribution in [-0.2, 0) is 11.2 Å². The molecule has 150 valence electrons. The fourth-order valence-electron chi connectivity index (χ4n) is 4.34. The molecule has 1 aromatic rings. The number of hydrogen-bond acceptors (Lipinski definition) is 6. The van der Waals surface area contributed by atoms with E-state index in [9.17, 15) is 9.90 Å². The molecule has 7 heteroatoms. The number of aliphatic hydroxyl groups is 1. The number of carbonyl (C=O) groups is 1. The minimum atomic E-state index is -0.530. The zero-order valence-electron chi connectivity index (χ0n) is 16.2. The Balaban J connectivity index is 1.70. The van der Waals surface area contributed by atoms with Gasteiger partial charge in [-0.3, -0.25) is 4.79 Å². The van der Waals surface area contributed by atoms with Gasteiger partial charge in [0.15, 0.2) is 0 Å². The molecule has 0 aromatic carbocycles. The number of amides is 1. The summed E-state index contributed by atoms with van der Waals surface area (Å²) in [6.07, 6.45) is 11.4. The van der Waals surface area contributed by atoms with Crippen molar-refractivity contribution in [3.63, 3.8) is 0 Å². The summed E-state index contributed by atoms with van der Waals surface area (Å²) in [6, 6.07) is 0.106. The molecule has 0 spiro atoms. The van der Waals surface area contributed by atoms with Crippen molar-refractivity contribution in [2.24, 2.45) is 11.7 Å². The summed E-state index contributed by atoms with van der Waals surface area (Å²) in [5, 5.41) is 13.2. The second kappa shape index (κ2) is 9.46. The van der Waals surface area contributed by atoms with Crippen molar-refractivity contribution in [1.82, 2.24) is 9.97 Å². The monoisotopic (exact) mass is 376 g/mol. The molecule has 2 aliphatic rings. The van der Waals surface area contributed by atoms with E-state index in [1.807, 2.05) is 0 Å². The van der Waals surface area contributed by atoms with Crippen molar-refractivity contribution in [2.75, 3.05) is 12.4 Å². The first-order valence-electron chi connectivity index (χ1n) is 10.2. The largest absolute Gasteiger partial charge is 0.393 e. The molecule has 4 N–H and O–H groups in total. The van der Waals surface area contributed by atoms with Gasteiger partial charge in [0.25, 0.3) is 5.91 Å². The molecule has 27 heavy (non-hydrogen) atoms. The van der Waals surface area contributed by atoms with Crippen LogP contribution >= 0.6 is 0 Å². The van der Waals surface area contributed by atoms with Gasteiger partial charge in [-0.1, -0.05) is 6.42 Å². The topological polar surface area (TPSA) is 110 Å². The number of nitrogens with one attached hydrogen (secondary N) is 1. The molecule has 2 saturated carbocycles. The van der Waals surface area contributed by atoms with Crippen LogP contribution in [-0.4, -0.2) is 46.3 Å². The third kappa shape index (κ3) is 5.62. The number of hydrogen-bond donors (Lipinski definition) is 3. The molecule has 1 aromatic heterocycles. The number of aromatic nitrogens is 2. The minimum Gasteiger partial charge on any atom is -0.393 e. The smallest absolute Gasteiger partial charge is 0.254 e. The zero-order valence-corrected chi connectivity index (χ0v) is 16.2. The van der Waals surface area contributed by atoms with E-state index < -0.39 is 5.91 Å². The lowest BCUT2D eigenvalue weighted by Gasteiger charge is -2.27. The highest BCUT2D eigenvalue weighted by Gasteiger charge is 2.24. The Morgan fingerprint density at radius 2 is 2.07 bits per heavy atom. The fourth-order valence-corrected chi connectivity index (χ4v) is 4.34. The molecule has 0 radical (unpaired) electrons. The highest BCUT2D eigenvalue weighted by molar-refractivity contribution is 5.97.